The monoisotopic (exact) mass is 428 g/mol. The van der Waals surface area contributed by atoms with Gasteiger partial charge in [-0.15, -0.1) is 11.3 Å². The van der Waals surface area contributed by atoms with Crippen LogP contribution in [0.5, 0.6) is 5.75 Å². The number of hydrogen-bond acceptors (Lipinski definition) is 6. The highest BCUT2D eigenvalue weighted by atomic mass is 32.2. The average Bonchev–Trinajstić information content (AvgIpc) is 3.41. The van der Waals surface area contributed by atoms with Gasteiger partial charge in [-0.05, 0) is 37.0 Å². The van der Waals surface area contributed by atoms with E-state index in [2.05, 4.69) is 10.3 Å². The van der Waals surface area contributed by atoms with E-state index in [1.54, 1.807) is 13.3 Å². The molecule has 1 aliphatic rings. The van der Waals surface area contributed by atoms with E-state index in [4.69, 9.17) is 10.5 Å². The van der Waals surface area contributed by atoms with Gasteiger partial charge >= 0.3 is 0 Å². The molecule has 2 aromatic heterocycles. The average molecular weight is 429 g/mol. The molecule has 3 aromatic rings. The molecule has 7 nitrogen and oxygen atoms in total. The van der Waals surface area contributed by atoms with Gasteiger partial charge in [-0.1, -0.05) is 17.8 Å². The molecule has 0 radical (unpaired) electrons. The number of imidazole rings is 1. The van der Waals surface area contributed by atoms with Crippen LogP contribution in [0.25, 0.3) is 5.69 Å². The molecule has 2 heterocycles. The summed E-state index contributed by atoms with van der Waals surface area (Å²) >= 11 is 2.78. The van der Waals surface area contributed by atoms with E-state index >= 15 is 0 Å². The second kappa shape index (κ2) is 8.30. The largest absolute Gasteiger partial charge is 0.497 e. The minimum atomic E-state index is -0.485. The lowest BCUT2D eigenvalue weighted by Gasteiger charge is -2.09. The summed E-state index contributed by atoms with van der Waals surface area (Å²) in [6.07, 6.45) is 6.33. The SMILES string of the molecule is COc1cccc(-n2ccnc2SCC(=O)Nc2sc3c(c2C(N)=O)CCC3)c1. The number of hydrogen-bond donors (Lipinski definition) is 2. The van der Waals surface area contributed by atoms with Crippen molar-refractivity contribution in [3.8, 4) is 11.4 Å². The smallest absolute Gasteiger partial charge is 0.251 e. The number of amides is 2. The normalized spacial score (nSPS) is 12.6. The number of nitrogens with one attached hydrogen (secondary N) is 1. The van der Waals surface area contributed by atoms with Crippen LogP contribution in [-0.2, 0) is 17.6 Å². The summed E-state index contributed by atoms with van der Waals surface area (Å²) in [4.78, 5) is 29.9. The summed E-state index contributed by atoms with van der Waals surface area (Å²) in [5, 5.41) is 4.11. The predicted molar refractivity (Wildman–Crippen MR) is 114 cm³/mol. The number of methoxy groups -OCH3 is 1. The van der Waals surface area contributed by atoms with Crippen molar-refractivity contribution in [2.75, 3.05) is 18.2 Å². The maximum atomic E-state index is 12.5. The number of anilines is 1. The van der Waals surface area contributed by atoms with E-state index in [-0.39, 0.29) is 11.7 Å². The van der Waals surface area contributed by atoms with E-state index in [0.717, 1.165) is 41.1 Å². The number of ether oxygens (including phenoxy) is 1. The Morgan fingerprint density at radius 3 is 3.03 bits per heavy atom. The van der Waals surface area contributed by atoms with Gasteiger partial charge in [0.25, 0.3) is 5.91 Å². The first-order valence-electron chi connectivity index (χ1n) is 9.11. The fourth-order valence-electron chi connectivity index (χ4n) is 3.40. The minimum Gasteiger partial charge on any atom is -0.497 e. The molecule has 0 fully saturated rings. The molecular formula is C20H20N4O3S2. The molecule has 3 N–H and O–H groups in total. The standard InChI is InChI=1S/C20H20N4O3S2/c1-27-13-5-2-4-12(10-13)24-9-8-22-20(24)28-11-16(25)23-19-17(18(21)26)14-6-3-7-15(14)29-19/h2,4-5,8-10H,3,6-7,11H2,1H3,(H2,21,26)(H,23,25). The number of benzene rings is 1. The van der Waals surface area contributed by atoms with Gasteiger partial charge in [-0.3, -0.25) is 14.2 Å². The number of aromatic nitrogens is 2. The highest BCUT2D eigenvalue weighted by molar-refractivity contribution is 7.99. The number of carbonyl (C=O) groups excluding carboxylic acids is 2. The summed E-state index contributed by atoms with van der Waals surface area (Å²) in [7, 11) is 1.62. The van der Waals surface area contributed by atoms with E-state index in [9.17, 15) is 9.59 Å². The Kier molecular flexibility index (Phi) is 5.59. The third-order valence-corrected chi connectivity index (χ3v) is 6.87. The van der Waals surface area contributed by atoms with Crippen LogP contribution in [0.4, 0.5) is 5.00 Å². The van der Waals surface area contributed by atoms with E-state index in [1.807, 2.05) is 35.0 Å². The van der Waals surface area contributed by atoms with Crippen LogP contribution in [0, 0.1) is 0 Å². The van der Waals surface area contributed by atoms with Crippen molar-refractivity contribution < 1.29 is 14.3 Å². The predicted octanol–water partition coefficient (Wildman–Crippen LogP) is 3.26. The van der Waals surface area contributed by atoms with Crippen LogP contribution in [0.3, 0.4) is 0 Å². The lowest BCUT2D eigenvalue weighted by atomic mass is 10.1. The van der Waals surface area contributed by atoms with Crippen LogP contribution in [0.15, 0.2) is 41.8 Å². The molecular weight excluding hydrogens is 408 g/mol. The molecule has 29 heavy (non-hydrogen) atoms. The number of rotatable bonds is 7. The van der Waals surface area contributed by atoms with Crippen LogP contribution in [-0.4, -0.2) is 34.2 Å². The molecule has 9 heteroatoms. The number of aryl methyl sites for hydroxylation is 1. The lowest BCUT2D eigenvalue weighted by molar-refractivity contribution is -0.113. The van der Waals surface area contributed by atoms with E-state index < -0.39 is 5.91 Å². The zero-order valence-corrected chi connectivity index (χ0v) is 17.4. The van der Waals surface area contributed by atoms with Gasteiger partial charge in [-0.2, -0.15) is 0 Å². The number of primary amides is 1. The quantitative estimate of drug-likeness (QED) is 0.563. The number of carbonyl (C=O) groups is 2. The Morgan fingerprint density at radius 1 is 1.38 bits per heavy atom. The third kappa shape index (κ3) is 4.01. The van der Waals surface area contributed by atoms with Gasteiger partial charge in [-0.25, -0.2) is 4.98 Å². The number of thioether (sulfide) groups is 1. The highest BCUT2D eigenvalue weighted by Crippen LogP contribution is 2.39. The molecule has 0 spiro atoms. The molecule has 1 aromatic carbocycles. The summed E-state index contributed by atoms with van der Waals surface area (Å²) in [6.45, 7) is 0. The highest BCUT2D eigenvalue weighted by Gasteiger charge is 2.26. The first kappa shape index (κ1) is 19.5. The fraction of sp³-hybridized carbons (Fsp3) is 0.250. The van der Waals surface area contributed by atoms with E-state index in [0.29, 0.717) is 15.7 Å². The molecule has 2 amide bonds. The number of fused-ring (bicyclic) bond motifs is 1. The molecule has 0 bridgehead atoms. The third-order valence-electron chi connectivity index (χ3n) is 4.69. The summed E-state index contributed by atoms with van der Waals surface area (Å²) in [6, 6.07) is 7.62. The van der Waals surface area contributed by atoms with Crippen molar-refractivity contribution in [2.45, 2.75) is 24.4 Å². The molecule has 0 atom stereocenters. The van der Waals surface area contributed by atoms with E-state index in [1.165, 1.54) is 23.1 Å². The van der Waals surface area contributed by atoms with Gasteiger partial charge in [0.1, 0.15) is 10.8 Å². The molecule has 1 aliphatic carbocycles. The van der Waals surface area contributed by atoms with Gasteiger partial charge in [0.05, 0.1) is 24.1 Å². The first-order chi connectivity index (χ1) is 14.1. The summed E-state index contributed by atoms with van der Waals surface area (Å²) < 4.78 is 7.17. The first-order valence-corrected chi connectivity index (χ1v) is 10.9. The molecule has 0 saturated carbocycles. The van der Waals surface area contributed by atoms with Crippen LogP contribution >= 0.6 is 23.1 Å². The maximum absolute atomic E-state index is 12.5. The van der Waals surface area contributed by atoms with Crippen molar-refractivity contribution in [1.29, 1.82) is 0 Å². The molecule has 0 aliphatic heterocycles. The zero-order valence-electron chi connectivity index (χ0n) is 15.8. The van der Waals surface area contributed by atoms with Gasteiger partial charge in [0, 0.05) is 23.3 Å². The van der Waals surface area contributed by atoms with Gasteiger partial charge < -0.3 is 15.8 Å². The molecule has 0 unspecified atom stereocenters. The minimum absolute atomic E-state index is 0.168. The van der Waals surface area contributed by atoms with Crippen LogP contribution in [0.2, 0.25) is 0 Å². The molecule has 4 rings (SSSR count). The number of nitrogens with zero attached hydrogens (tertiary/aromatic N) is 2. The maximum Gasteiger partial charge on any atom is 0.251 e. The number of thiophene rings is 1. The Labute approximate surface area is 176 Å². The Bertz CT molecular complexity index is 1070. The van der Waals surface area contributed by atoms with Crippen LogP contribution in [0.1, 0.15) is 27.2 Å². The van der Waals surface area contributed by atoms with Crippen LogP contribution < -0.4 is 15.8 Å². The lowest BCUT2D eigenvalue weighted by Crippen LogP contribution is -2.19. The zero-order chi connectivity index (χ0) is 20.4. The topological polar surface area (TPSA) is 99.2 Å². The van der Waals surface area contributed by atoms with Crippen molar-refractivity contribution >= 4 is 39.9 Å². The van der Waals surface area contributed by atoms with Crippen molar-refractivity contribution in [1.82, 2.24) is 9.55 Å². The second-order valence-electron chi connectivity index (χ2n) is 6.54. The Hall–Kier alpha value is -2.78. The summed E-state index contributed by atoms with van der Waals surface area (Å²) in [5.41, 5.74) is 7.92. The number of nitrogens with two attached hydrogens (primary N) is 1. The summed E-state index contributed by atoms with van der Waals surface area (Å²) in [5.74, 6) is 0.232. The van der Waals surface area contributed by atoms with Gasteiger partial charge in [0.15, 0.2) is 5.16 Å². The molecule has 0 saturated heterocycles. The van der Waals surface area contributed by atoms with Crippen molar-refractivity contribution in [3.63, 3.8) is 0 Å². The molecule has 150 valence electrons. The van der Waals surface area contributed by atoms with Gasteiger partial charge in [0.2, 0.25) is 5.91 Å². The Morgan fingerprint density at radius 2 is 2.24 bits per heavy atom. The second-order valence-corrected chi connectivity index (χ2v) is 8.59. The van der Waals surface area contributed by atoms with Crippen molar-refractivity contribution in [3.05, 3.63) is 52.7 Å². The fourth-order valence-corrected chi connectivity index (χ4v) is 5.48. The van der Waals surface area contributed by atoms with Crippen molar-refractivity contribution in [2.24, 2.45) is 5.73 Å². The Balaban J connectivity index is 1.45.